The quantitative estimate of drug-likeness (QED) is 0.786. The maximum Gasteiger partial charge on any atom is 0.335 e. The summed E-state index contributed by atoms with van der Waals surface area (Å²) >= 11 is 1.63. The Hall–Kier alpha value is -2.21. The fourth-order valence-electron chi connectivity index (χ4n) is 2.41. The highest BCUT2D eigenvalue weighted by Crippen LogP contribution is 2.20. The topological polar surface area (TPSA) is 68.0 Å². The number of aromatic carboxylic acids is 1. The van der Waals surface area contributed by atoms with Crippen LogP contribution in [0.1, 0.15) is 28.1 Å². The standard InChI is InChI=1S/C15H15N3O2S/c1-2-13-17-11-4-3-10(15(19)20)9-12(11)18(13)7-5-14-16-6-8-21-14/h3-4,6,8-9H,2,5,7H2,1H3,(H,19,20). The first-order chi connectivity index (χ1) is 10.2. The number of imidazole rings is 1. The van der Waals surface area contributed by atoms with Crippen LogP contribution in [0.4, 0.5) is 0 Å². The fraction of sp³-hybridized carbons (Fsp3) is 0.267. The molecule has 2 aromatic heterocycles. The molecule has 0 aliphatic carbocycles. The molecule has 0 aliphatic rings. The van der Waals surface area contributed by atoms with E-state index >= 15 is 0 Å². The van der Waals surface area contributed by atoms with Gasteiger partial charge < -0.3 is 9.67 Å². The van der Waals surface area contributed by atoms with Gasteiger partial charge in [-0.05, 0) is 18.2 Å². The Balaban J connectivity index is 2.00. The van der Waals surface area contributed by atoms with Crippen LogP contribution in [-0.4, -0.2) is 25.6 Å². The van der Waals surface area contributed by atoms with Crippen molar-refractivity contribution in [1.82, 2.24) is 14.5 Å². The van der Waals surface area contributed by atoms with Crippen LogP contribution in [0.3, 0.4) is 0 Å². The van der Waals surface area contributed by atoms with Crippen LogP contribution in [0.2, 0.25) is 0 Å². The molecular weight excluding hydrogens is 286 g/mol. The van der Waals surface area contributed by atoms with Crippen LogP contribution in [0.15, 0.2) is 29.8 Å². The summed E-state index contributed by atoms with van der Waals surface area (Å²) in [5.41, 5.74) is 2.01. The summed E-state index contributed by atoms with van der Waals surface area (Å²) in [7, 11) is 0. The smallest absolute Gasteiger partial charge is 0.335 e. The third kappa shape index (κ3) is 2.67. The Morgan fingerprint density at radius 3 is 2.95 bits per heavy atom. The summed E-state index contributed by atoms with van der Waals surface area (Å²) in [5.74, 6) is 0.0618. The number of carboxylic acid groups (broad SMARTS) is 1. The van der Waals surface area contributed by atoms with Crippen LogP contribution in [0.5, 0.6) is 0 Å². The molecule has 6 heteroatoms. The summed E-state index contributed by atoms with van der Waals surface area (Å²) < 4.78 is 2.10. The molecule has 3 aromatic rings. The van der Waals surface area contributed by atoms with E-state index in [2.05, 4.69) is 21.5 Å². The zero-order chi connectivity index (χ0) is 14.8. The van der Waals surface area contributed by atoms with Crippen LogP contribution >= 0.6 is 11.3 Å². The van der Waals surface area contributed by atoms with E-state index in [-0.39, 0.29) is 0 Å². The summed E-state index contributed by atoms with van der Waals surface area (Å²) in [4.78, 5) is 20.0. The van der Waals surface area contributed by atoms with Crippen molar-refractivity contribution in [3.05, 3.63) is 46.2 Å². The van der Waals surface area contributed by atoms with Gasteiger partial charge in [0.05, 0.1) is 21.6 Å². The second kappa shape index (κ2) is 5.65. The Labute approximate surface area is 125 Å². The second-order valence-corrected chi connectivity index (χ2v) is 5.70. The third-order valence-electron chi connectivity index (χ3n) is 3.42. The van der Waals surface area contributed by atoms with Gasteiger partial charge in [0.25, 0.3) is 0 Å². The first-order valence-corrected chi connectivity index (χ1v) is 7.68. The first kappa shape index (κ1) is 13.8. The number of hydrogen-bond donors (Lipinski definition) is 1. The summed E-state index contributed by atoms with van der Waals surface area (Å²) in [6.07, 6.45) is 3.44. The third-order valence-corrected chi connectivity index (χ3v) is 4.26. The molecular formula is C15H15N3O2S. The number of aryl methyl sites for hydroxylation is 3. The fourth-order valence-corrected chi connectivity index (χ4v) is 3.02. The highest BCUT2D eigenvalue weighted by molar-refractivity contribution is 7.09. The van der Waals surface area contributed by atoms with Gasteiger partial charge in [-0.25, -0.2) is 14.8 Å². The molecule has 21 heavy (non-hydrogen) atoms. The average molecular weight is 301 g/mol. The number of rotatable bonds is 5. The lowest BCUT2D eigenvalue weighted by molar-refractivity contribution is 0.0697. The van der Waals surface area contributed by atoms with Crippen LogP contribution in [0.25, 0.3) is 11.0 Å². The van der Waals surface area contributed by atoms with Crippen molar-refractivity contribution in [3.63, 3.8) is 0 Å². The summed E-state index contributed by atoms with van der Waals surface area (Å²) in [6.45, 7) is 2.81. The predicted octanol–water partition coefficient (Wildman–Crippen LogP) is 3.00. The molecule has 2 heterocycles. The van der Waals surface area contributed by atoms with Crippen molar-refractivity contribution in [1.29, 1.82) is 0 Å². The van der Waals surface area contributed by atoms with Crippen LogP contribution < -0.4 is 0 Å². The lowest BCUT2D eigenvalue weighted by Gasteiger charge is -2.07. The highest BCUT2D eigenvalue weighted by atomic mass is 32.1. The van der Waals surface area contributed by atoms with Crippen molar-refractivity contribution in [2.45, 2.75) is 26.3 Å². The van der Waals surface area contributed by atoms with Gasteiger partial charge in [-0.3, -0.25) is 0 Å². The number of benzene rings is 1. The van der Waals surface area contributed by atoms with E-state index in [0.29, 0.717) is 5.56 Å². The van der Waals surface area contributed by atoms with Gasteiger partial charge in [-0.1, -0.05) is 6.92 Å². The molecule has 0 bridgehead atoms. The molecule has 1 N–H and O–H groups in total. The van der Waals surface area contributed by atoms with E-state index in [1.165, 1.54) is 0 Å². The SMILES string of the molecule is CCc1nc2ccc(C(=O)O)cc2n1CCc1nccs1. The summed E-state index contributed by atoms with van der Waals surface area (Å²) in [5, 5.41) is 12.2. The predicted molar refractivity (Wildman–Crippen MR) is 81.9 cm³/mol. The lowest BCUT2D eigenvalue weighted by Crippen LogP contribution is -2.06. The molecule has 1 aromatic carbocycles. The van der Waals surface area contributed by atoms with Crippen molar-refractivity contribution in [2.24, 2.45) is 0 Å². The van der Waals surface area contributed by atoms with E-state index in [1.807, 2.05) is 5.38 Å². The number of thiazole rings is 1. The van der Waals surface area contributed by atoms with Gasteiger partial charge in [0.15, 0.2) is 0 Å². The molecule has 0 saturated heterocycles. The van der Waals surface area contributed by atoms with Gasteiger partial charge in [0.1, 0.15) is 5.82 Å². The minimum atomic E-state index is -0.914. The average Bonchev–Trinajstić information content (AvgIpc) is 3.11. The molecule has 0 saturated carbocycles. The molecule has 3 rings (SSSR count). The van der Waals surface area contributed by atoms with E-state index in [9.17, 15) is 4.79 Å². The van der Waals surface area contributed by atoms with Crippen molar-refractivity contribution in [3.8, 4) is 0 Å². The maximum atomic E-state index is 11.1. The maximum absolute atomic E-state index is 11.1. The number of carboxylic acids is 1. The number of hydrogen-bond acceptors (Lipinski definition) is 4. The molecule has 0 radical (unpaired) electrons. The minimum Gasteiger partial charge on any atom is -0.478 e. The van der Waals surface area contributed by atoms with Crippen LogP contribution in [0, 0.1) is 0 Å². The van der Waals surface area contributed by atoms with E-state index < -0.39 is 5.97 Å². The second-order valence-electron chi connectivity index (χ2n) is 4.72. The van der Waals surface area contributed by atoms with E-state index in [1.54, 1.807) is 35.7 Å². The van der Waals surface area contributed by atoms with E-state index in [4.69, 9.17) is 5.11 Å². The Morgan fingerprint density at radius 1 is 1.43 bits per heavy atom. The van der Waals surface area contributed by atoms with Gasteiger partial charge in [-0.2, -0.15) is 0 Å². The normalized spacial score (nSPS) is 11.1. The number of nitrogens with zero attached hydrogens (tertiary/aromatic N) is 3. The summed E-state index contributed by atoms with van der Waals surface area (Å²) in [6, 6.07) is 5.08. The Bertz CT molecular complexity index is 778. The van der Waals surface area contributed by atoms with Gasteiger partial charge >= 0.3 is 5.97 Å². The van der Waals surface area contributed by atoms with Crippen molar-refractivity contribution >= 4 is 28.3 Å². The first-order valence-electron chi connectivity index (χ1n) is 6.80. The molecule has 108 valence electrons. The van der Waals surface area contributed by atoms with Crippen LogP contribution in [-0.2, 0) is 19.4 Å². The monoisotopic (exact) mass is 301 g/mol. The highest BCUT2D eigenvalue weighted by Gasteiger charge is 2.12. The lowest BCUT2D eigenvalue weighted by atomic mass is 10.2. The van der Waals surface area contributed by atoms with E-state index in [0.717, 1.165) is 41.3 Å². The molecule has 0 atom stereocenters. The number of aromatic nitrogens is 3. The molecule has 0 unspecified atom stereocenters. The minimum absolute atomic E-state index is 0.292. The van der Waals surface area contributed by atoms with Gasteiger partial charge in [0, 0.05) is 31.0 Å². The zero-order valence-corrected chi connectivity index (χ0v) is 12.4. The Kier molecular flexibility index (Phi) is 3.70. The largest absolute Gasteiger partial charge is 0.478 e. The van der Waals surface area contributed by atoms with Crippen molar-refractivity contribution < 1.29 is 9.90 Å². The number of fused-ring (bicyclic) bond motifs is 1. The Morgan fingerprint density at radius 2 is 2.29 bits per heavy atom. The van der Waals surface area contributed by atoms with Gasteiger partial charge in [0.2, 0.25) is 0 Å². The molecule has 0 fully saturated rings. The molecule has 0 amide bonds. The number of carbonyl (C=O) groups is 1. The van der Waals surface area contributed by atoms with Crippen molar-refractivity contribution in [2.75, 3.05) is 0 Å². The molecule has 5 nitrogen and oxygen atoms in total. The molecule has 0 spiro atoms. The molecule has 0 aliphatic heterocycles. The zero-order valence-electron chi connectivity index (χ0n) is 11.6. The van der Waals surface area contributed by atoms with Gasteiger partial charge in [-0.15, -0.1) is 11.3 Å².